The second-order valence-electron chi connectivity index (χ2n) is 9.29. The molecule has 5 rings (SSSR count). The highest BCUT2D eigenvalue weighted by Crippen LogP contribution is 2.38. The molecule has 0 atom stereocenters. The Morgan fingerprint density at radius 1 is 0.622 bits per heavy atom. The van der Waals surface area contributed by atoms with E-state index < -0.39 is 30.1 Å². The first-order valence-electron chi connectivity index (χ1n) is 12.0. The standard InChI is InChI=1S/C28H25F5O4/c29-27(30,36-24-12-14-25(15-13-24)37-28(31,32)33)23-10-8-20(9-11-23)19-4-6-21(7-5-19)26-34-16-22(17-35-26)18-2-1-3-18/h4-15,18,22,26H,1-3,16-17H2. The summed E-state index contributed by atoms with van der Waals surface area (Å²) in [5, 5.41) is 0. The Kier molecular flexibility index (Phi) is 7.09. The second-order valence-corrected chi connectivity index (χ2v) is 9.29. The molecular weight excluding hydrogens is 495 g/mol. The van der Waals surface area contributed by atoms with Gasteiger partial charge in [-0.3, -0.25) is 0 Å². The zero-order valence-corrected chi connectivity index (χ0v) is 19.7. The summed E-state index contributed by atoms with van der Waals surface area (Å²) in [7, 11) is 0. The smallest absolute Gasteiger partial charge is 0.429 e. The van der Waals surface area contributed by atoms with Crippen molar-refractivity contribution in [2.45, 2.75) is 38.0 Å². The number of alkyl halides is 5. The van der Waals surface area contributed by atoms with Crippen LogP contribution in [0.1, 0.15) is 36.7 Å². The molecule has 1 aliphatic carbocycles. The van der Waals surface area contributed by atoms with Crippen LogP contribution in [-0.2, 0) is 15.6 Å². The van der Waals surface area contributed by atoms with Gasteiger partial charge in [0.15, 0.2) is 6.29 Å². The lowest BCUT2D eigenvalue weighted by molar-refractivity contribution is -0.274. The van der Waals surface area contributed by atoms with Crippen molar-refractivity contribution in [3.05, 3.63) is 83.9 Å². The van der Waals surface area contributed by atoms with Crippen LogP contribution in [0.5, 0.6) is 11.5 Å². The van der Waals surface area contributed by atoms with Crippen molar-refractivity contribution in [2.75, 3.05) is 13.2 Å². The number of ether oxygens (including phenoxy) is 4. The zero-order chi connectivity index (χ0) is 26.0. The van der Waals surface area contributed by atoms with E-state index in [1.807, 2.05) is 24.3 Å². The zero-order valence-electron chi connectivity index (χ0n) is 19.7. The monoisotopic (exact) mass is 520 g/mol. The molecule has 1 aliphatic heterocycles. The molecule has 3 aromatic rings. The number of halogens is 5. The third-order valence-electron chi connectivity index (χ3n) is 6.78. The Balaban J connectivity index is 1.19. The van der Waals surface area contributed by atoms with Gasteiger partial charge in [0.1, 0.15) is 11.5 Å². The highest BCUT2D eigenvalue weighted by Gasteiger charge is 2.35. The molecule has 0 radical (unpaired) electrons. The average molecular weight is 520 g/mol. The third-order valence-corrected chi connectivity index (χ3v) is 6.78. The second kappa shape index (κ2) is 10.3. The summed E-state index contributed by atoms with van der Waals surface area (Å²) in [5.41, 5.74) is 2.07. The number of hydrogen-bond donors (Lipinski definition) is 0. The van der Waals surface area contributed by atoms with E-state index in [9.17, 15) is 22.0 Å². The van der Waals surface area contributed by atoms with Gasteiger partial charge in [-0.25, -0.2) is 0 Å². The molecule has 0 N–H and O–H groups in total. The lowest BCUT2D eigenvalue weighted by Crippen LogP contribution is -2.35. The van der Waals surface area contributed by atoms with Gasteiger partial charge in [0.05, 0.1) is 18.8 Å². The Morgan fingerprint density at radius 2 is 1.14 bits per heavy atom. The topological polar surface area (TPSA) is 36.9 Å². The molecule has 3 aromatic carbocycles. The molecule has 1 heterocycles. The van der Waals surface area contributed by atoms with Crippen LogP contribution in [0.2, 0.25) is 0 Å². The van der Waals surface area contributed by atoms with Gasteiger partial charge < -0.3 is 18.9 Å². The summed E-state index contributed by atoms with van der Waals surface area (Å²) in [4.78, 5) is 0. The van der Waals surface area contributed by atoms with E-state index in [2.05, 4.69) is 4.74 Å². The molecule has 9 heteroatoms. The van der Waals surface area contributed by atoms with Crippen molar-refractivity contribution >= 4 is 0 Å². The van der Waals surface area contributed by atoms with Crippen LogP contribution in [0.4, 0.5) is 22.0 Å². The number of rotatable bonds is 7. The summed E-state index contributed by atoms with van der Waals surface area (Å²) in [6, 6.07) is 17.0. The van der Waals surface area contributed by atoms with Gasteiger partial charge in [-0.15, -0.1) is 13.2 Å². The van der Waals surface area contributed by atoms with Crippen molar-refractivity contribution in [1.29, 1.82) is 0 Å². The Hall–Kier alpha value is -3.17. The Labute approximate surface area is 210 Å². The van der Waals surface area contributed by atoms with E-state index in [4.69, 9.17) is 14.2 Å². The first-order valence-corrected chi connectivity index (χ1v) is 12.0. The number of benzene rings is 3. The largest absolute Gasteiger partial charge is 0.573 e. The Morgan fingerprint density at radius 3 is 1.62 bits per heavy atom. The normalized spacial score (nSPS) is 20.8. The fourth-order valence-corrected chi connectivity index (χ4v) is 4.50. The molecule has 37 heavy (non-hydrogen) atoms. The van der Waals surface area contributed by atoms with Crippen LogP contribution < -0.4 is 9.47 Å². The highest BCUT2D eigenvalue weighted by molar-refractivity contribution is 5.64. The quantitative estimate of drug-likeness (QED) is 0.298. The molecule has 196 valence electrons. The van der Waals surface area contributed by atoms with E-state index in [1.165, 1.54) is 31.4 Å². The van der Waals surface area contributed by atoms with Crippen molar-refractivity contribution in [3.63, 3.8) is 0 Å². The maximum atomic E-state index is 14.6. The summed E-state index contributed by atoms with van der Waals surface area (Å²) in [6.45, 7) is 1.39. The fraction of sp³-hybridized carbons (Fsp3) is 0.357. The first-order chi connectivity index (χ1) is 17.7. The van der Waals surface area contributed by atoms with Crippen LogP contribution in [-0.4, -0.2) is 19.6 Å². The van der Waals surface area contributed by atoms with Crippen molar-refractivity contribution in [2.24, 2.45) is 11.8 Å². The SMILES string of the molecule is FC(F)(F)Oc1ccc(OC(F)(F)c2ccc(-c3ccc(C4OCC(C5CCC5)CO4)cc3)cc2)cc1. The molecule has 1 saturated carbocycles. The average Bonchev–Trinajstić information content (AvgIpc) is 2.84. The fourth-order valence-electron chi connectivity index (χ4n) is 4.50. The molecule has 0 spiro atoms. The number of hydrogen-bond acceptors (Lipinski definition) is 4. The minimum absolute atomic E-state index is 0.301. The van der Waals surface area contributed by atoms with Gasteiger partial charge >= 0.3 is 12.5 Å². The molecule has 2 fully saturated rings. The van der Waals surface area contributed by atoms with E-state index in [0.717, 1.165) is 41.0 Å². The summed E-state index contributed by atoms with van der Waals surface area (Å²) in [6.07, 6.45) is -5.18. The van der Waals surface area contributed by atoms with Crippen LogP contribution in [0.25, 0.3) is 11.1 Å². The van der Waals surface area contributed by atoms with Gasteiger partial charge in [0.2, 0.25) is 0 Å². The summed E-state index contributed by atoms with van der Waals surface area (Å²) in [5.74, 6) is 0.346. The molecule has 1 saturated heterocycles. The minimum Gasteiger partial charge on any atom is -0.429 e. The van der Waals surface area contributed by atoms with E-state index in [1.54, 1.807) is 12.1 Å². The highest BCUT2D eigenvalue weighted by atomic mass is 19.4. The van der Waals surface area contributed by atoms with Crippen molar-refractivity contribution < 1.29 is 40.9 Å². The van der Waals surface area contributed by atoms with Crippen molar-refractivity contribution in [3.8, 4) is 22.6 Å². The van der Waals surface area contributed by atoms with Crippen LogP contribution in [0.15, 0.2) is 72.8 Å². The van der Waals surface area contributed by atoms with Crippen molar-refractivity contribution in [1.82, 2.24) is 0 Å². The predicted octanol–water partition coefficient (Wildman–Crippen LogP) is 7.84. The van der Waals surface area contributed by atoms with Crippen LogP contribution >= 0.6 is 0 Å². The maximum absolute atomic E-state index is 14.6. The first kappa shape index (κ1) is 25.5. The molecule has 0 amide bonds. The molecule has 0 unspecified atom stereocenters. The van der Waals surface area contributed by atoms with Gasteiger partial charge in [-0.05, 0) is 53.4 Å². The maximum Gasteiger partial charge on any atom is 0.573 e. The molecule has 0 aromatic heterocycles. The molecule has 2 aliphatic rings. The van der Waals surface area contributed by atoms with Crippen LogP contribution in [0, 0.1) is 11.8 Å². The van der Waals surface area contributed by atoms with Gasteiger partial charge in [0, 0.05) is 11.5 Å². The Bertz CT molecular complexity index is 1170. The van der Waals surface area contributed by atoms with E-state index >= 15 is 0 Å². The molecular formula is C28H25F5O4. The van der Waals surface area contributed by atoms with E-state index in [-0.39, 0.29) is 5.75 Å². The van der Waals surface area contributed by atoms with Gasteiger partial charge in [-0.1, -0.05) is 55.7 Å². The van der Waals surface area contributed by atoms with Crippen LogP contribution in [0.3, 0.4) is 0 Å². The van der Waals surface area contributed by atoms with E-state index in [0.29, 0.717) is 25.0 Å². The summed E-state index contributed by atoms with van der Waals surface area (Å²) >= 11 is 0. The molecule has 0 bridgehead atoms. The third kappa shape index (κ3) is 6.22. The van der Waals surface area contributed by atoms with Gasteiger partial charge in [-0.2, -0.15) is 8.78 Å². The lowest BCUT2D eigenvalue weighted by atomic mass is 9.76. The molecule has 4 nitrogen and oxygen atoms in total. The predicted molar refractivity (Wildman–Crippen MR) is 125 cm³/mol. The lowest BCUT2D eigenvalue weighted by Gasteiger charge is -2.38. The minimum atomic E-state index is -4.87. The van der Waals surface area contributed by atoms with Gasteiger partial charge in [0.25, 0.3) is 0 Å². The summed E-state index contributed by atoms with van der Waals surface area (Å²) < 4.78 is 86.4.